The largest absolute Gasteiger partial charge is 0.491 e. The topological polar surface area (TPSA) is 59.6 Å². The molecule has 27 heavy (non-hydrogen) atoms. The fourth-order valence-electron chi connectivity index (χ4n) is 2.12. The molecular formula is C20H20F3N3O. The van der Waals surface area contributed by atoms with Crippen LogP contribution in [0.3, 0.4) is 0 Å². The minimum atomic E-state index is -4.39. The van der Waals surface area contributed by atoms with Crippen LogP contribution < -0.4 is 15.8 Å². The first-order chi connectivity index (χ1) is 12.7. The summed E-state index contributed by atoms with van der Waals surface area (Å²) in [6.45, 7) is 3.94. The van der Waals surface area contributed by atoms with Crippen LogP contribution in [0.2, 0.25) is 0 Å². The van der Waals surface area contributed by atoms with Gasteiger partial charge in [0.05, 0.1) is 11.7 Å². The van der Waals surface area contributed by atoms with Gasteiger partial charge in [-0.2, -0.15) is 13.2 Å². The number of benzene rings is 2. The number of ether oxygens (including phenoxy) is 1. The van der Waals surface area contributed by atoms with Crippen molar-refractivity contribution in [3.05, 3.63) is 59.7 Å². The molecular weight excluding hydrogens is 355 g/mol. The van der Waals surface area contributed by atoms with Crippen molar-refractivity contribution in [2.24, 2.45) is 10.7 Å². The Morgan fingerprint density at radius 3 is 2.52 bits per heavy atom. The maximum Gasteiger partial charge on any atom is 0.416 e. The lowest BCUT2D eigenvalue weighted by Gasteiger charge is -2.10. The number of anilines is 1. The Hall–Kier alpha value is -3.14. The Balaban J connectivity index is 1.92. The molecule has 0 bridgehead atoms. The molecule has 0 radical (unpaired) electrons. The molecule has 0 amide bonds. The molecule has 0 aliphatic carbocycles. The van der Waals surface area contributed by atoms with Crippen LogP contribution in [0.4, 0.5) is 18.9 Å². The Morgan fingerprint density at radius 1 is 1.19 bits per heavy atom. The second-order valence-corrected chi connectivity index (χ2v) is 5.90. The molecule has 3 N–H and O–H groups in total. The van der Waals surface area contributed by atoms with Crippen molar-refractivity contribution < 1.29 is 17.9 Å². The summed E-state index contributed by atoms with van der Waals surface area (Å²) in [7, 11) is 0. The first kappa shape index (κ1) is 20.2. The van der Waals surface area contributed by atoms with Crippen LogP contribution in [-0.2, 0) is 6.18 Å². The highest BCUT2D eigenvalue weighted by Gasteiger charge is 2.30. The predicted octanol–water partition coefficient (Wildman–Crippen LogP) is 4.27. The van der Waals surface area contributed by atoms with E-state index in [1.165, 1.54) is 12.1 Å². The third-order valence-electron chi connectivity index (χ3n) is 3.25. The van der Waals surface area contributed by atoms with Crippen LogP contribution in [0.25, 0.3) is 0 Å². The van der Waals surface area contributed by atoms with Crippen molar-refractivity contribution in [3.63, 3.8) is 0 Å². The van der Waals surface area contributed by atoms with Crippen molar-refractivity contribution in [1.29, 1.82) is 0 Å². The SMILES string of the molecule is CC(C)Oc1ccc(NC(N)=NCC#Cc2cccc(C(F)(F)F)c2)cc1. The van der Waals surface area contributed by atoms with Gasteiger partial charge in [-0.05, 0) is 56.3 Å². The average molecular weight is 375 g/mol. The van der Waals surface area contributed by atoms with Gasteiger partial charge in [0.25, 0.3) is 0 Å². The fourth-order valence-corrected chi connectivity index (χ4v) is 2.12. The molecule has 4 nitrogen and oxygen atoms in total. The molecule has 0 heterocycles. The van der Waals surface area contributed by atoms with E-state index < -0.39 is 11.7 Å². The van der Waals surface area contributed by atoms with Crippen LogP contribution in [-0.4, -0.2) is 18.6 Å². The molecule has 0 aliphatic rings. The monoisotopic (exact) mass is 375 g/mol. The molecule has 0 atom stereocenters. The van der Waals surface area contributed by atoms with E-state index >= 15 is 0 Å². The van der Waals surface area contributed by atoms with E-state index in [0.717, 1.165) is 23.6 Å². The first-order valence-electron chi connectivity index (χ1n) is 8.24. The number of aliphatic imine (C=N–C) groups is 1. The highest BCUT2D eigenvalue weighted by atomic mass is 19.4. The molecule has 0 unspecified atom stereocenters. The van der Waals surface area contributed by atoms with Gasteiger partial charge < -0.3 is 15.8 Å². The van der Waals surface area contributed by atoms with Gasteiger partial charge in [0, 0.05) is 11.3 Å². The zero-order chi connectivity index (χ0) is 19.9. The molecule has 142 valence electrons. The van der Waals surface area contributed by atoms with Gasteiger partial charge in [0.1, 0.15) is 12.3 Å². The lowest BCUT2D eigenvalue weighted by molar-refractivity contribution is -0.137. The number of guanidine groups is 1. The quantitative estimate of drug-likeness (QED) is 0.477. The Bertz CT molecular complexity index is 847. The third kappa shape index (κ3) is 6.94. The first-order valence-corrected chi connectivity index (χ1v) is 8.24. The predicted molar refractivity (Wildman–Crippen MR) is 101 cm³/mol. The summed E-state index contributed by atoms with van der Waals surface area (Å²) in [6.07, 6.45) is -4.30. The molecule has 0 saturated carbocycles. The van der Waals surface area contributed by atoms with E-state index in [9.17, 15) is 13.2 Å². The molecule has 0 fully saturated rings. The van der Waals surface area contributed by atoms with E-state index in [2.05, 4.69) is 22.2 Å². The highest BCUT2D eigenvalue weighted by molar-refractivity contribution is 5.92. The Labute approximate surface area is 156 Å². The second kappa shape index (κ2) is 8.99. The number of hydrogen-bond donors (Lipinski definition) is 2. The maximum absolute atomic E-state index is 12.7. The third-order valence-corrected chi connectivity index (χ3v) is 3.25. The van der Waals surface area contributed by atoms with Gasteiger partial charge in [-0.3, -0.25) is 0 Å². The van der Waals surface area contributed by atoms with Crippen LogP contribution >= 0.6 is 0 Å². The van der Waals surface area contributed by atoms with Crippen molar-refractivity contribution in [2.75, 3.05) is 11.9 Å². The van der Waals surface area contributed by atoms with Gasteiger partial charge >= 0.3 is 6.18 Å². The number of alkyl halides is 3. The molecule has 2 rings (SSSR count). The normalized spacial score (nSPS) is 11.7. The molecule has 7 heteroatoms. The van der Waals surface area contributed by atoms with Gasteiger partial charge in [-0.15, -0.1) is 0 Å². The van der Waals surface area contributed by atoms with Crippen LogP contribution in [0, 0.1) is 11.8 Å². The van der Waals surface area contributed by atoms with Crippen LogP contribution in [0.1, 0.15) is 25.0 Å². The standard InChI is InChI=1S/C20H20F3N3O/c1-14(2)27-18-10-8-17(9-11-18)26-19(24)25-12-4-6-15-5-3-7-16(13-15)20(21,22)23/h3,5,7-11,13-14H,12H2,1-2H3,(H3,24,25,26). The van der Waals surface area contributed by atoms with Crippen molar-refractivity contribution in [1.82, 2.24) is 0 Å². The van der Waals surface area contributed by atoms with Gasteiger partial charge in [-0.1, -0.05) is 17.9 Å². The number of nitrogens with two attached hydrogens (primary N) is 1. The van der Waals surface area contributed by atoms with E-state index in [-0.39, 0.29) is 24.2 Å². The number of rotatable bonds is 4. The number of nitrogens with one attached hydrogen (secondary N) is 1. The summed E-state index contributed by atoms with van der Waals surface area (Å²) < 4.78 is 43.5. The zero-order valence-electron chi connectivity index (χ0n) is 15.0. The summed E-state index contributed by atoms with van der Waals surface area (Å²) in [5.74, 6) is 6.23. The van der Waals surface area contributed by atoms with Gasteiger partial charge in [0.2, 0.25) is 0 Å². The number of hydrogen-bond acceptors (Lipinski definition) is 2. The molecule has 0 aromatic heterocycles. The molecule has 2 aromatic carbocycles. The number of halogens is 3. The second-order valence-electron chi connectivity index (χ2n) is 5.90. The molecule has 0 spiro atoms. The lowest BCUT2D eigenvalue weighted by atomic mass is 10.1. The highest BCUT2D eigenvalue weighted by Crippen LogP contribution is 2.29. The summed E-state index contributed by atoms with van der Waals surface area (Å²) in [5.41, 5.74) is 6.05. The van der Waals surface area contributed by atoms with Gasteiger partial charge in [0.15, 0.2) is 5.96 Å². The summed E-state index contributed by atoms with van der Waals surface area (Å²) in [4.78, 5) is 4.03. The van der Waals surface area contributed by atoms with Crippen LogP contribution in [0.5, 0.6) is 5.75 Å². The Kier molecular flexibility index (Phi) is 6.72. The Morgan fingerprint density at radius 2 is 1.89 bits per heavy atom. The van der Waals surface area contributed by atoms with Crippen LogP contribution in [0.15, 0.2) is 53.5 Å². The number of nitrogens with zero attached hydrogens (tertiary/aromatic N) is 1. The molecule has 0 aliphatic heterocycles. The summed E-state index contributed by atoms with van der Waals surface area (Å²) in [6, 6.07) is 12.0. The zero-order valence-corrected chi connectivity index (χ0v) is 15.0. The molecule has 2 aromatic rings. The van der Waals surface area contributed by atoms with E-state index in [4.69, 9.17) is 10.5 Å². The summed E-state index contributed by atoms with van der Waals surface area (Å²) in [5, 5.41) is 2.91. The van der Waals surface area contributed by atoms with E-state index in [1.807, 2.05) is 26.0 Å². The minimum Gasteiger partial charge on any atom is -0.491 e. The minimum absolute atomic E-state index is 0.0591. The van der Waals surface area contributed by atoms with E-state index in [1.54, 1.807) is 12.1 Å². The average Bonchev–Trinajstić information content (AvgIpc) is 2.59. The smallest absolute Gasteiger partial charge is 0.416 e. The molecule has 0 saturated heterocycles. The van der Waals surface area contributed by atoms with Crippen molar-refractivity contribution in [2.45, 2.75) is 26.1 Å². The van der Waals surface area contributed by atoms with Gasteiger partial charge in [-0.25, -0.2) is 4.99 Å². The maximum atomic E-state index is 12.7. The van der Waals surface area contributed by atoms with Crippen molar-refractivity contribution >= 4 is 11.6 Å². The lowest BCUT2D eigenvalue weighted by Crippen LogP contribution is -2.22. The van der Waals surface area contributed by atoms with Crippen molar-refractivity contribution in [3.8, 4) is 17.6 Å². The summed E-state index contributed by atoms with van der Waals surface area (Å²) >= 11 is 0. The van der Waals surface area contributed by atoms with E-state index in [0.29, 0.717) is 0 Å². The fraction of sp³-hybridized carbons (Fsp3) is 0.250.